The summed E-state index contributed by atoms with van der Waals surface area (Å²) in [5, 5.41) is 25.2. The minimum Gasteiger partial charge on any atom is -0.504 e. The molecule has 0 aliphatic rings. The van der Waals surface area contributed by atoms with Crippen molar-refractivity contribution >= 4 is 17.5 Å². The van der Waals surface area contributed by atoms with Crippen LogP contribution in [0.15, 0.2) is 42.5 Å². The van der Waals surface area contributed by atoms with Gasteiger partial charge in [-0.3, -0.25) is 19.6 Å². The largest absolute Gasteiger partial charge is 0.504 e. The third-order valence-electron chi connectivity index (χ3n) is 5.04. The van der Waals surface area contributed by atoms with Gasteiger partial charge in [-0.25, -0.2) is 0 Å². The lowest BCUT2D eigenvalue weighted by Gasteiger charge is -2.11. The highest BCUT2D eigenvalue weighted by Gasteiger charge is 2.22. The Hall–Kier alpha value is -4.14. The second kappa shape index (κ2) is 9.34. The number of ketones is 1. The molecule has 1 heterocycles. The van der Waals surface area contributed by atoms with Crippen LogP contribution in [-0.4, -0.2) is 39.8 Å². The molecule has 0 amide bonds. The number of hydrogen-bond acceptors (Lipinski definition) is 7. The summed E-state index contributed by atoms with van der Waals surface area (Å²) in [5.74, 6) is 0.522. The first kappa shape index (κ1) is 22.5. The van der Waals surface area contributed by atoms with E-state index in [1.807, 2.05) is 6.07 Å². The Balaban J connectivity index is 1.87. The van der Waals surface area contributed by atoms with Crippen LogP contribution in [0.2, 0.25) is 0 Å². The molecule has 2 aromatic carbocycles. The van der Waals surface area contributed by atoms with Crippen molar-refractivity contribution in [2.24, 2.45) is 0 Å². The zero-order chi connectivity index (χ0) is 23.4. The lowest BCUT2D eigenvalue weighted by molar-refractivity contribution is -0.386. The lowest BCUT2D eigenvalue weighted by Crippen LogP contribution is -2.06. The monoisotopic (exact) mass is 437 g/mol. The zero-order valence-electron chi connectivity index (χ0n) is 18.2. The Morgan fingerprint density at radius 2 is 1.88 bits per heavy atom. The van der Waals surface area contributed by atoms with Gasteiger partial charge in [-0.05, 0) is 55.8 Å². The molecule has 0 atom stereocenters. The maximum atomic E-state index is 12.5. The number of carbonyl (C=O) groups excluding carboxylic acids is 1. The van der Waals surface area contributed by atoms with E-state index in [1.54, 1.807) is 43.8 Å². The van der Waals surface area contributed by atoms with Gasteiger partial charge in [-0.1, -0.05) is 12.1 Å². The fourth-order valence-electron chi connectivity index (χ4n) is 3.39. The Kier molecular flexibility index (Phi) is 6.58. The summed E-state index contributed by atoms with van der Waals surface area (Å²) in [4.78, 5) is 23.4. The first-order valence-corrected chi connectivity index (χ1v) is 9.69. The highest BCUT2D eigenvalue weighted by Crippen LogP contribution is 2.28. The molecule has 32 heavy (non-hydrogen) atoms. The summed E-state index contributed by atoms with van der Waals surface area (Å²) in [6, 6.07) is 9.79. The first-order valence-electron chi connectivity index (χ1n) is 9.69. The number of ether oxygens (including phenoxy) is 2. The molecule has 1 N–H and O–H groups in total. The minimum atomic E-state index is -0.436. The minimum absolute atomic E-state index is 0.00469. The van der Waals surface area contributed by atoms with Crippen molar-refractivity contribution in [3.05, 3.63) is 80.7 Å². The quantitative estimate of drug-likeness (QED) is 0.244. The van der Waals surface area contributed by atoms with Gasteiger partial charge < -0.3 is 14.6 Å². The number of carbonyl (C=O) groups is 1. The molecule has 3 rings (SSSR count). The van der Waals surface area contributed by atoms with Crippen molar-refractivity contribution in [2.75, 3.05) is 14.2 Å². The molecule has 166 valence electrons. The van der Waals surface area contributed by atoms with E-state index in [1.165, 1.54) is 31.4 Å². The van der Waals surface area contributed by atoms with Gasteiger partial charge in [-0.2, -0.15) is 5.10 Å². The molecule has 9 nitrogen and oxygen atoms in total. The Labute approximate surface area is 184 Å². The third kappa shape index (κ3) is 4.61. The van der Waals surface area contributed by atoms with Crippen LogP contribution in [0.5, 0.6) is 17.2 Å². The standard InChI is InChI=1S/C23H23N3O6/c1-14-23(26(29)30)15(2)25(24-14)13-18-11-16(6-10-21(18)31-3)5-8-19(27)17-7-9-20(28)22(12-17)32-4/h5-12,28H,13H2,1-4H3/b8-5+. The van der Waals surface area contributed by atoms with Crippen LogP contribution in [0.3, 0.4) is 0 Å². The number of rotatable bonds is 8. The molecule has 3 aromatic rings. The highest BCUT2D eigenvalue weighted by molar-refractivity contribution is 6.07. The topological polar surface area (TPSA) is 117 Å². The van der Waals surface area contributed by atoms with Crippen LogP contribution in [-0.2, 0) is 6.54 Å². The summed E-state index contributed by atoms with van der Waals surface area (Å²) in [6.45, 7) is 3.52. The van der Waals surface area contributed by atoms with Gasteiger partial charge in [0.25, 0.3) is 0 Å². The van der Waals surface area contributed by atoms with E-state index in [-0.39, 0.29) is 29.5 Å². The van der Waals surface area contributed by atoms with E-state index in [0.717, 1.165) is 11.1 Å². The SMILES string of the molecule is COc1cc(C(=O)/C=C/c2ccc(OC)c(Cn3nc(C)c([N+](=O)[O-])c3C)c2)ccc1O. The van der Waals surface area contributed by atoms with Crippen molar-refractivity contribution < 1.29 is 24.3 Å². The van der Waals surface area contributed by atoms with Crippen molar-refractivity contribution in [1.82, 2.24) is 9.78 Å². The predicted octanol–water partition coefficient (Wildman–Crippen LogP) is 4.08. The van der Waals surface area contributed by atoms with Crippen molar-refractivity contribution in [2.45, 2.75) is 20.4 Å². The molecule has 0 bridgehead atoms. The Morgan fingerprint density at radius 3 is 2.50 bits per heavy atom. The second-order valence-electron chi connectivity index (χ2n) is 7.09. The third-order valence-corrected chi connectivity index (χ3v) is 5.04. The molecule has 0 saturated carbocycles. The maximum Gasteiger partial charge on any atom is 0.312 e. The molecule has 0 saturated heterocycles. The number of phenols is 1. The summed E-state index contributed by atoms with van der Waals surface area (Å²) in [7, 11) is 2.95. The Morgan fingerprint density at radius 1 is 1.16 bits per heavy atom. The van der Waals surface area contributed by atoms with Crippen LogP contribution in [0.1, 0.15) is 32.9 Å². The van der Waals surface area contributed by atoms with E-state index in [9.17, 15) is 20.0 Å². The molecular formula is C23H23N3O6. The number of benzene rings is 2. The smallest absolute Gasteiger partial charge is 0.312 e. The molecule has 0 aliphatic heterocycles. The van der Waals surface area contributed by atoms with E-state index in [2.05, 4.69) is 5.10 Å². The van der Waals surface area contributed by atoms with Gasteiger partial charge in [0.2, 0.25) is 0 Å². The maximum absolute atomic E-state index is 12.5. The van der Waals surface area contributed by atoms with Crippen LogP contribution in [0, 0.1) is 24.0 Å². The van der Waals surface area contributed by atoms with Gasteiger partial charge in [0.15, 0.2) is 17.3 Å². The van der Waals surface area contributed by atoms with Gasteiger partial charge >= 0.3 is 5.69 Å². The van der Waals surface area contributed by atoms with Crippen LogP contribution >= 0.6 is 0 Å². The predicted molar refractivity (Wildman–Crippen MR) is 118 cm³/mol. The zero-order valence-corrected chi connectivity index (χ0v) is 18.2. The van der Waals surface area contributed by atoms with E-state index in [4.69, 9.17) is 9.47 Å². The van der Waals surface area contributed by atoms with Gasteiger partial charge in [0.05, 0.1) is 25.7 Å². The number of allylic oxidation sites excluding steroid dienone is 1. The lowest BCUT2D eigenvalue weighted by atomic mass is 10.1. The van der Waals surface area contributed by atoms with Crippen LogP contribution in [0.25, 0.3) is 6.08 Å². The molecule has 1 aromatic heterocycles. The average molecular weight is 437 g/mol. The Bertz CT molecular complexity index is 1210. The molecule has 0 unspecified atom stereocenters. The van der Waals surface area contributed by atoms with Crippen molar-refractivity contribution in [1.29, 1.82) is 0 Å². The highest BCUT2D eigenvalue weighted by atomic mass is 16.6. The molecule has 0 aliphatic carbocycles. The molecule has 9 heteroatoms. The first-order chi connectivity index (χ1) is 15.2. The summed E-state index contributed by atoms with van der Waals surface area (Å²) < 4.78 is 12.0. The van der Waals surface area contributed by atoms with E-state index < -0.39 is 4.92 Å². The number of phenolic OH excluding ortho intramolecular Hbond substituents is 1. The molecule has 0 radical (unpaired) electrons. The van der Waals surface area contributed by atoms with Gasteiger partial charge in [0, 0.05) is 11.1 Å². The van der Waals surface area contributed by atoms with Gasteiger partial charge in [0.1, 0.15) is 17.1 Å². The number of aromatic nitrogens is 2. The number of aryl methyl sites for hydroxylation is 1. The normalized spacial score (nSPS) is 11.0. The van der Waals surface area contributed by atoms with Crippen LogP contribution in [0.4, 0.5) is 5.69 Å². The number of aromatic hydroxyl groups is 1. The van der Waals surface area contributed by atoms with E-state index in [0.29, 0.717) is 22.7 Å². The number of nitrogens with zero attached hydrogens (tertiary/aromatic N) is 3. The van der Waals surface area contributed by atoms with E-state index >= 15 is 0 Å². The summed E-state index contributed by atoms with van der Waals surface area (Å²) in [5.41, 5.74) is 2.67. The van der Waals surface area contributed by atoms with Crippen molar-refractivity contribution in [3.63, 3.8) is 0 Å². The summed E-state index contributed by atoms with van der Waals surface area (Å²) >= 11 is 0. The fourth-order valence-corrected chi connectivity index (χ4v) is 3.39. The van der Waals surface area contributed by atoms with Crippen LogP contribution < -0.4 is 9.47 Å². The number of methoxy groups -OCH3 is 2. The molecule has 0 spiro atoms. The fraction of sp³-hybridized carbons (Fsp3) is 0.217. The number of nitro groups is 1. The second-order valence-corrected chi connectivity index (χ2v) is 7.09. The number of hydrogen-bond donors (Lipinski definition) is 1. The van der Waals surface area contributed by atoms with Crippen molar-refractivity contribution in [3.8, 4) is 17.2 Å². The molecule has 0 fully saturated rings. The van der Waals surface area contributed by atoms with Gasteiger partial charge in [-0.15, -0.1) is 0 Å². The molecular weight excluding hydrogens is 414 g/mol. The summed E-state index contributed by atoms with van der Waals surface area (Å²) in [6.07, 6.45) is 3.08. The average Bonchev–Trinajstić information content (AvgIpc) is 3.05.